The second-order valence-corrected chi connectivity index (χ2v) is 9.55. The molecule has 0 spiro atoms. The molecule has 174 valence electrons. The summed E-state index contributed by atoms with van der Waals surface area (Å²) in [5.41, 5.74) is 4.10. The number of hydrogen-bond acceptors (Lipinski definition) is 4. The number of aromatic nitrogens is 1. The molecular formula is C27H26BrFN4O. The quantitative estimate of drug-likeness (QED) is 0.380. The standard InChI is InChI=1S/C27H26BrFN4O/c1-31-13-15-32(16-14-31)22-10-8-20(9-11-22)30-21-7-5-19-6-12-27(34)33(26(19)17-21)18-23-24(28)3-2-4-25(23)29/h2-12,17,30H,13-16,18H2,1H3. The molecule has 0 radical (unpaired) electrons. The van der Waals surface area contributed by atoms with Crippen molar-refractivity contribution in [1.29, 1.82) is 0 Å². The normalized spacial score (nSPS) is 14.5. The van der Waals surface area contributed by atoms with Gasteiger partial charge in [-0.25, -0.2) is 4.39 Å². The van der Waals surface area contributed by atoms with Gasteiger partial charge in [0.15, 0.2) is 0 Å². The van der Waals surface area contributed by atoms with Gasteiger partial charge in [0, 0.05) is 59.3 Å². The van der Waals surface area contributed by atoms with E-state index in [0.717, 1.165) is 48.5 Å². The SMILES string of the molecule is CN1CCN(c2ccc(Nc3ccc4ccc(=O)n(Cc5c(F)cccc5Br)c4c3)cc2)CC1. The van der Waals surface area contributed by atoms with Gasteiger partial charge >= 0.3 is 0 Å². The number of nitrogens with one attached hydrogen (secondary N) is 1. The Balaban J connectivity index is 1.41. The minimum absolute atomic E-state index is 0.145. The van der Waals surface area contributed by atoms with Crippen molar-refractivity contribution in [2.45, 2.75) is 6.54 Å². The van der Waals surface area contributed by atoms with E-state index in [-0.39, 0.29) is 17.9 Å². The van der Waals surface area contributed by atoms with E-state index in [1.807, 2.05) is 18.2 Å². The third-order valence-corrected chi connectivity index (χ3v) is 7.14. The van der Waals surface area contributed by atoms with Crippen molar-refractivity contribution < 1.29 is 4.39 Å². The highest BCUT2D eigenvalue weighted by Gasteiger charge is 2.14. The highest BCUT2D eigenvalue weighted by Crippen LogP contribution is 2.26. The van der Waals surface area contributed by atoms with Crippen molar-refractivity contribution in [2.24, 2.45) is 0 Å². The molecule has 4 aromatic rings. The first-order valence-electron chi connectivity index (χ1n) is 11.3. The zero-order valence-electron chi connectivity index (χ0n) is 19.0. The number of likely N-dealkylation sites (N-methyl/N-ethyl adjacent to an activating group) is 1. The lowest BCUT2D eigenvalue weighted by Gasteiger charge is -2.34. The molecule has 3 aromatic carbocycles. The van der Waals surface area contributed by atoms with Crippen molar-refractivity contribution in [2.75, 3.05) is 43.4 Å². The number of nitrogens with zero attached hydrogens (tertiary/aromatic N) is 3. The molecule has 1 aliphatic heterocycles. The Morgan fingerprint density at radius 3 is 2.35 bits per heavy atom. The number of pyridine rings is 1. The Morgan fingerprint density at radius 2 is 1.62 bits per heavy atom. The van der Waals surface area contributed by atoms with Crippen molar-refractivity contribution in [3.63, 3.8) is 0 Å². The van der Waals surface area contributed by atoms with Crippen LogP contribution in [0.1, 0.15) is 5.56 Å². The van der Waals surface area contributed by atoms with E-state index >= 15 is 0 Å². The second-order valence-electron chi connectivity index (χ2n) is 8.69. The van der Waals surface area contributed by atoms with Crippen molar-refractivity contribution >= 4 is 43.9 Å². The average molecular weight is 521 g/mol. The monoisotopic (exact) mass is 520 g/mol. The van der Waals surface area contributed by atoms with Crippen LogP contribution in [0.2, 0.25) is 0 Å². The molecule has 0 amide bonds. The molecule has 1 aliphatic rings. The molecule has 7 heteroatoms. The summed E-state index contributed by atoms with van der Waals surface area (Å²) in [5, 5.41) is 4.36. The molecule has 5 rings (SSSR count). The van der Waals surface area contributed by atoms with Crippen LogP contribution in [-0.2, 0) is 6.54 Å². The number of fused-ring (bicyclic) bond motifs is 1. The van der Waals surface area contributed by atoms with Gasteiger partial charge in [0.05, 0.1) is 12.1 Å². The fourth-order valence-corrected chi connectivity index (χ4v) is 4.82. The van der Waals surface area contributed by atoms with Crippen LogP contribution in [-0.4, -0.2) is 42.7 Å². The highest BCUT2D eigenvalue weighted by molar-refractivity contribution is 9.10. The molecule has 0 aliphatic carbocycles. The molecule has 1 aromatic heterocycles. The van der Waals surface area contributed by atoms with Gasteiger partial charge in [-0.15, -0.1) is 0 Å². The zero-order valence-corrected chi connectivity index (χ0v) is 20.6. The summed E-state index contributed by atoms with van der Waals surface area (Å²) in [5.74, 6) is -0.340. The van der Waals surface area contributed by atoms with Crippen LogP contribution < -0.4 is 15.8 Å². The molecular weight excluding hydrogens is 495 g/mol. The van der Waals surface area contributed by atoms with Crippen molar-refractivity contribution in [3.8, 4) is 0 Å². The molecule has 5 nitrogen and oxygen atoms in total. The minimum atomic E-state index is -0.340. The molecule has 0 unspecified atom stereocenters. The van der Waals surface area contributed by atoms with E-state index < -0.39 is 0 Å². The summed E-state index contributed by atoms with van der Waals surface area (Å²) in [7, 11) is 2.16. The molecule has 1 N–H and O–H groups in total. The predicted molar refractivity (Wildman–Crippen MR) is 141 cm³/mol. The molecule has 0 atom stereocenters. The molecule has 1 saturated heterocycles. The van der Waals surface area contributed by atoms with Crippen LogP contribution in [0.25, 0.3) is 10.9 Å². The first-order chi connectivity index (χ1) is 16.5. The first kappa shape index (κ1) is 22.6. The highest BCUT2D eigenvalue weighted by atomic mass is 79.9. The van der Waals surface area contributed by atoms with Crippen molar-refractivity contribution in [1.82, 2.24) is 9.47 Å². The second kappa shape index (κ2) is 9.60. The van der Waals surface area contributed by atoms with E-state index in [1.165, 1.54) is 17.8 Å². The Hall–Kier alpha value is -3.16. The first-order valence-corrected chi connectivity index (χ1v) is 12.1. The Bertz CT molecular complexity index is 1360. The smallest absolute Gasteiger partial charge is 0.251 e. The summed E-state index contributed by atoms with van der Waals surface area (Å²) >= 11 is 3.42. The Labute approximate surface area is 206 Å². The van der Waals surface area contributed by atoms with E-state index in [9.17, 15) is 9.18 Å². The van der Waals surface area contributed by atoms with E-state index in [4.69, 9.17) is 0 Å². The number of benzene rings is 3. The van der Waals surface area contributed by atoms with Crippen LogP contribution in [0.15, 0.2) is 82.1 Å². The topological polar surface area (TPSA) is 40.5 Å². The maximum atomic E-state index is 14.5. The summed E-state index contributed by atoms with van der Waals surface area (Å²) in [6.07, 6.45) is 0. The van der Waals surface area contributed by atoms with Gasteiger partial charge in [0.1, 0.15) is 5.82 Å². The molecule has 0 bridgehead atoms. The number of piperazine rings is 1. The zero-order chi connectivity index (χ0) is 23.7. The lowest BCUT2D eigenvalue weighted by molar-refractivity contribution is 0.313. The maximum absolute atomic E-state index is 14.5. The van der Waals surface area contributed by atoms with Gasteiger partial charge in [-0.3, -0.25) is 4.79 Å². The van der Waals surface area contributed by atoms with E-state index in [1.54, 1.807) is 22.8 Å². The fourth-order valence-electron chi connectivity index (χ4n) is 4.36. The summed E-state index contributed by atoms with van der Waals surface area (Å²) in [6.45, 7) is 4.35. The van der Waals surface area contributed by atoms with Gasteiger partial charge in [-0.1, -0.05) is 28.1 Å². The number of anilines is 3. The lowest BCUT2D eigenvalue weighted by atomic mass is 10.1. The number of hydrogen-bond donors (Lipinski definition) is 1. The molecule has 2 heterocycles. The van der Waals surface area contributed by atoms with Gasteiger partial charge in [0.2, 0.25) is 0 Å². The van der Waals surface area contributed by atoms with Crippen LogP contribution in [0, 0.1) is 5.82 Å². The van der Waals surface area contributed by atoms with E-state index in [0.29, 0.717) is 10.0 Å². The molecule has 1 fully saturated rings. The van der Waals surface area contributed by atoms with Crippen LogP contribution >= 0.6 is 15.9 Å². The fraction of sp³-hybridized carbons (Fsp3) is 0.222. The summed E-state index contributed by atoms with van der Waals surface area (Å²) in [6, 6.07) is 22.5. The largest absolute Gasteiger partial charge is 0.369 e. The number of rotatable bonds is 5. The van der Waals surface area contributed by atoms with Gasteiger partial charge in [-0.05, 0) is 67.0 Å². The van der Waals surface area contributed by atoms with Gasteiger partial charge in [-0.2, -0.15) is 0 Å². The third-order valence-electron chi connectivity index (χ3n) is 6.40. The van der Waals surface area contributed by atoms with Crippen molar-refractivity contribution in [3.05, 3.63) is 99.0 Å². The van der Waals surface area contributed by atoms with Crippen LogP contribution in [0.3, 0.4) is 0 Å². The average Bonchev–Trinajstić information content (AvgIpc) is 2.84. The third kappa shape index (κ3) is 4.72. The van der Waals surface area contributed by atoms with Gasteiger partial charge in [0.25, 0.3) is 5.56 Å². The van der Waals surface area contributed by atoms with E-state index in [2.05, 4.69) is 62.4 Å². The van der Waals surface area contributed by atoms with Crippen LogP contribution in [0.5, 0.6) is 0 Å². The summed E-state index contributed by atoms with van der Waals surface area (Å²) in [4.78, 5) is 17.5. The Morgan fingerprint density at radius 1 is 0.912 bits per heavy atom. The number of halogens is 2. The molecule has 34 heavy (non-hydrogen) atoms. The Kier molecular flexibility index (Phi) is 6.39. The predicted octanol–water partition coefficient (Wildman–Crippen LogP) is 5.45. The molecule has 0 saturated carbocycles. The lowest BCUT2D eigenvalue weighted by Crippen LogP contribution is -2.44. The summed E-state index contributed by atoms with van der Waals surface area (Å²) < 4.78 is 16.7. The van der Waals surface area contributed by atoms with Crippen LogP contribution in [0.4, 0.5) is 21.5 Å². The van der Waals surface area contributed by atoms with Gasteiger partial charge < -0.3 is 19.7 Å². The minimum Gasteiger partial charge on any atom is -0.369 e. The maximum Gasteiger partial charge on any atom is 0.251 e.